The highest BCUT2D eigenvalue weighted by atomic mass is 19.3. The molecule has 0 spiro atoms. The van der Waals surface area contributed by atoms with Crippen molar-refractivity contribution < 1.29 is 27.0 Å². The van der Waals surface area contributed by atoms with E-state index in [1.54, 1.807) is 35.4 Å². The summed E-state index contributed by atoms with van der Waals surface area (Å²) in [6.45, 7) is 0.687. The Kier molecular flexibility index (Phi) is 6.86. The Balaban J connectivity index is 1.42. The summed E-state index contributed by atoms with van der Waals surface area (Å²) in [6.07, 6.45) is -1.15. The van der Waals surface area contributed by atoms with Crippen molar-refractivity contribution in [3.63, 3.8) is 0 Å². The van der Waals surface area contributed by atoms with Crippen LogP contribution in [0.3, 0.4) is 0 Å². The molecule has 0 saturated carbocycles. The molecule has 2 saturated heterocycles. The Morgan fingerprint density at radius 3 is 2.78 bits per heavy atom. The third-order valence-corrected chi connectivity index (χ3v) is 6.56. The van der Waals surface area contributed by atoms with E-state index in [9.17, 15) is 17.6 Å². The molecule has 0 unspecified atom stereocenters. The maximum atomic E-state index is 14.7. The minimum atomic E-state index is -2.97. The van der Waals surface area contributed by atoms with E-state index >= 15 is 0 Å². The Morgan fingerprint density at radius 1 is 1.30 bits per heavy atom. The summed E-state index contributed by atoms with van der Waals surface area (Å²) in [5.74, 6) is -2.80. The van der Waals surface area contributed by atoms with Gasteiger partial charge in [0.1, 0.15) is 17.2 Å². The van der Waals surface area contributed by atoms with Crippen LogP contribution in [0.2, 0.25) is 0 Å². The van der Waals surface area contributed by atoms with Gasteiger partial charge in [-0.1, -0.05) is 6.07 Å². The lowest BCUT2D eigenvalue weighted by atomic mass is 10.1. The van der Waals surface area contributed by atoms with Gasteiger partial charge in [-0.3, -0.25) is 4.90 Å². The topological polar surface area (TPSA) is 112 Å². The molecule has 3 aromatic rings. The third kappa shape index (κ3) is 5.03. The fourth-order valence-electron chi connectivity index (χ4n) is 4.52. The van der Waals surface area contributed by atoms with Crippen LogP contribution in [0, 0.1) is 5.53 Å². The van der Waals surface area contributed by atoms with Crippen LogP contribution in [0.1, 0.15) is 6.42 Å². The summed E-state index contributed by atoms with van der Waals surface area (Å²) in [6, 6.07) is 5.59. The number of benzene rings is 1. The monoisotopic (exact) mass is 522 g/mol. The van der Waals surface area contributed by atoms with Crippen LogP contribution in [0.5, 0.6) is 5.88 Å². The normalized spacial score (nSPS) is 19.8. The highest BCUT2D eigenvalue weighted by Gasteiger charge is 2.51. The van der Waals surface area contributed by atoms with E-state index in [0.29, 0.717) is 41.2 Å². The standard InChI is InChI=1S/C23H26F4N8O2/c1-36-21-20-15(13-2-3-16(32-28)17(8-13)29-6-4-19(24)25)5-7-35(20)33-22(31-21)30-18-9-34(12-23(18,26)27)14-10-37-11-14/h2-3,5,7-8,14,18-19,28-29H,4,6,9-12H2,1H3,(H,30,33)/t18-/m1/s1. The molecule has 0 aliphatic carbocycles. The number of likely N-dealkylation sites (tertiary alicyclic amines) is 1. The molecule has 1 aromatic carbocycles. The summed E-state index contributed by atoms with van der Waals surface area (Å²) in [5, 5.41) is 13.5. The van der Waals surface area contributed by atoms with Gasteiger partial charge < -0.3 is 20.1 Å². The number of fused-ring (bicyclic) bond motifs is 1. The first-order valence-electron chi connectivity index (χ1n) is 11.7. The fourth-order valence-corrected chi connectivity index (χ4v) is 4.52. The van der Waals surface area contributed by atoms with Gasteiger partial charge >= 0.3 is 0 Å². The number of anilines is 2. The maximum Gasteiger partial charge on any atom is 0.281 e. The first kappa shape index (κ1) is 25.1. The molecule has 198 valence electrons. The highest BCUT2D eigenvalue weighted by Crippen LogP contribution is 2.37. The first-order chi connectivity index (χ1) is 17.8. The van der Waals surface area contributed by atoms with E-state index < -0.39 is 18.4 Å². The predicted molar refractivity (Wildman–Crippen MR) is 127 cm³/mol. The molecular formula is C23H26F4N8O2. The van der Waals surface area contributed by atoms with Crippen molar-refractivity contribution in [1.82, 2.24) is 19.5 Å². The maximum absolute atomic E-state index is 14.7. The van der Waals surface area contributed by atoms with Gasteiger partial charge in [0.15, 0.2) is 0 Å². The summed E-state index contributed by atoms with van der Waals surface area (Å²) >= 11 is 0. The lowest BCUT2D eigenvalue weighted by molar-refractivity contribution is -0.0711. The molecule has 5 rings (SSSR count). The number of alkyl halides is 4. The summed E-state index contributed by atoms with van der Waals surface area (Å²) in [5.41, 5.74) is 9.93. The quantitative estimate of drug-likeness (QED) is 0.269. The number of nitrogens with zero attached hydrogens (tertiary/aromatic N) is 5. The molecule has 3 N–H and O–H groups in total. The smallest absolute Gasteiger partial charge is 0.281 e. The van der Waals surface area contributed by atoms with Crippen LogP contribution in [-0.4, -0.2) is 83.9 Å². The van der Waals surface area contributed by atoms with Gasteiger partial charge in [-0.25, -0.2) is 27.6 Å². The van der Waals surface area contributed by atoms with Crippen LogP contribution < -0.4 is 15.4 Å². The number of nitrogens with one attached hydrogen (secondary N) is 3. The lowest BCUT2D eigenvalue weighted by Gasteiger charge is -2.34. The zero-order valence-electron chi connectivity index (χ0n) is 19.9. The third-order valence-electron chi connectivity index (χ3n) is 6.56. The number of rotatable bonds is 10. The number of hydrogen-bond donors (Lipinski definition) is 3. The van der Waals surface area contributed by atoms with Crippen molar-refractivity contribution in [3.8, 4) is 17.0 Å². The Hall–Kier alpha value is -3.52. The van der Waals surface area contributed by atoms with Gasteiger partial charge in [-0.05, 0) is 23.8 Å². The molecule has 2 aromatic heterocycles. The van der Waals surface area contributed by atoms with Gasteiger partial charge in [-0.2, -0.15) is 10.1 Å². The minimum absolute atomic E-state index is 0.000549. The zero-order valence-corrected chi connectivity index (χ0v) is 19.9. The van der Waals surface area contributed by atoms with Gasteiger partial charge in [-0.15, -0.1) is 5.10 Å². The number of aromatic nitrogens is 3. The van der Waals surface area contributed by atoms with Crippen LogP contribution in [-0.2, 0) is 4.74 Å². The molecule has 2 fully saturated rings. The van der Waals surface area contributed by atoms with Crippen molar-refractivity contribution in [3.05, 3.63) is 30.5 Å². The van der Waals surface area contributed by atoms with Crippen molar-refractivity contribution in [2.45, 2.75) is 30.9 Å². The molecule has 0 amide bonds. The Morgan fingerprint density at radius 2 is 2.11 bits per heavy atom. The van der Waals surface area contributed by atoms with E-state index in [0.717, 1.165) is 0 Å². The molecular weight excluding hydrogens is 496 g/mol. The van der Waals surface area contributed by atoms with Crippen LogP contribution in [0.15, 0.2) is 35.6 Å². The largest absolute Gasteiger partial charge is 0.479 e. The van der Waals surface area contributed by atoms with Gasteiger partial charge in [0, 0.05) is 31.3 Å². The second kappa shape index (κ2) is 10.1. The number of methoxy groups -OCH3 is 1. The van der Waals surface area contributed by atoms with Crippen LogP contribution in [0.4, 0.5) is 34.9 Å². The minimum Gasteiger partial charge on any atom is -0.479 e. The summed E-state index contributed by atoms with van der Waals surface area (Å²) in [4.78, 5) is 6.06. The zero-order chi connectivity index (χ0) is 26.2. The summed E-state index contributed by atoms with van der Waals surface area (Å²) < 4.78 is 66.7. The second-order valence-electron chi connectivity index (χ2n) is 9.00. The van der Waals surface area contributed by atoms with Crippen LogP contribution in [0.25, 0.3) is 16.6 Å². The van der Waals surface area contributed by atoms with Crippen molar-refractivity contribution >= 4 is 22.8 Å². The van der Waals surface area contributed by atoms with Gasteiger partial charge in [0.05, 0.1) is 38.6 Å². The molecule has 2 aliphatic rings. The van der Waals surface area contributed by atoms with E-state index in [-0.39, 0.29) is 43.9 Å². The van der Waals surface area contributed by atoms with E-state index in [2.05, 4.69) is 25.8 Å². The molecule has 0 radical (unpaired) electrons. The number of halogens is 4. The number of hydrogen-bond acceptors (Lipinski definition) is 9. The number of ether oxygens (including phenoxy) is 2. The van der Waals surface area contributed by atoms with E-state index in [4.69, 9.17) is 15.0 Å². The Labute approximate surface area is 209 Å². The van der Waals surface area contributed by atoms with Crippen molar-refractivity contribution in [2.24, 2.45) is 5.11 Å². The first-order valence-corrected chi connectivity index (χ1v) is 11.7. The average Bonchev–Trinajstić information content (AvgIpc) is 3.37. The fraction of sp³-hybridized carbons (Fsp3) is 0.478. The molecule has 4 heterocycles. The molecule has 14 heteroatoms. The predicted octanol–water partition coefficient (Wildman–Crippen LogP) is 4.26. The van der Waals surface area contributed by atoms with Gasteiger partial charge in [0.25, 0.3) is 5.92 Å². The lowest BCUT2D eigenvalue weighted by Crippen LogP contribution is -2.48. The van der Waals surface area contributed by atoms with Crippen molar-refractivity contribution in [2.75, 3.05) is 50.6 Å². The highest BCUT2D eigenvalue weighted by molar-refractivity contribution is 5.87. The van der Waals surface area contributed by atoms with Crippen LogP contribution >= 0.6 is 0 Å². The average molecular weight is 523 g/mol. The summed E-state index contributed by atoms with van der Waals surface area (Å²) in [7, 11) is 1.42. The molecule has 2 aliphatic heterocycles. The molecule has 10 nitrogen and oxygen atoms in total. The van der Waals surface area contributed by atoms with E-state index in [1.165, 1.54) is 11.6 Å². The van der Waals surface area contributed by atoms with Gasteiger partial charge in [0.2, 0.25) is 18.3 Å². The molecule has 0 bridgehead atoms. The molecule has 1 atom stereocenters. The second-order valence-corrected chi connectivity index (χ2v) is 9.00. The molecule has 37 heavy (non-hydrogen) atoms. The Bertz CT molecular complexity index is 1280. The van der Waals surface area contributed by atoms with Crippen molar-refractivity contribution in [1.29, 1.82) is 5.53 Å². The van der Waals surface area contributed by atoms with E-state index in [1.807, 2.05) is 0 Å². The SMILES string of the molecule is COc1nc(N[C@@H]2CN(C3COC3)CC2(F)F)nn2ccc(-c3ccc(N=N)c(NCCC(F)F)c3)c12.